The molecule has 0 aliphatic heterocycles. The van der Waals surface area contributed by atoms with Gasteiger partial charge in [0.1, 0.15) is 0 Å². The van der Waals surface area contributed by atoms with Crippen LogP contribution in [-0.2, 0) is 6.42 Å². The third-order valence-corrected chi connectivity index (χ3v) is 3.10. The molecule has 118 valence electrons. The van der Waals surface area contributed by atoms with E-state index in [2.05, 4.69) is 37.3 Å². The van der Waals surface area contributed by atoms with Crippen LogP contribution in [0.1, 0.15) is 18.9 Å². The van der Waals surface area contributed by atoms with Gasteiger partial charge in [0, 0.05) is 0 Å². The standard InChI is InChI=1S/C12H10O2.C9H12/c1-3-7-11(8-4-1)13-14-12-9-5-2-6-10-12;1-2-6-9-7-4-3-5-8-9/h1-10H;3-5,7-8H,2,6H2,1H3. The molecule has 0 aromatic heterocycles. The van der Waals surface area contributed by atoms with Crippen molar-refractivity contribution in [2.45, 2.75) is 19.8 Å². The fourth-order valence-corrected chi connectivity index (χ4v) is 1.98. The summed E-state index contributed by atoms with van der Waals surface area (Å²) in [6, 6.07) is 29.3. The van der Waals surface area contributed by atoms with Gasteiger partial charge in [-0.05, 0) is 36.2 Å². The molecular weight excluding hydrogens is 284 g/mol. The van der Waals surface area contributed by atoms with Gasteiger partial charge in [0.25, 0.3) is 0 Å². The first-order valence-electron chi connectivity index (χ1n) is 7.87. The summed E-state index contributed by atoms with van der Waals surface area (Å²) in [6.07, 6.45) is 2.45. The first kappa shape index (κ1) is 16.6. The number of aryl methyl sites for hydroxylation is 1. The normalized spacial score (nSPS) is 9.43. The summed E-state index contributed by atoms with van der Waals surface area (Å²) in [4.78, 5) is 10.2. The molecule has 23 heavy (non-hydrogen) atoms. The van der Waals surface area contributed by atoms with Crippen molar-refractivity contribution >= 4 is 0 Å². The first-order valence-corrected chi connectivity index (χ1v) is 7.87. The number of para-hydroxylation sites is 2. The zero-order valence-electron chi connectivity index (χ0n) is 13.4. The van der Waals surface area contributed by atoms with Gasteiger partial charge in [-0.15, -0.1) is 0 Å². The maximum absolute atomic E-state index is 5.09. The fraction of sp³-hybridized carbons (Fsp3) is 0.143. The van der Waals surface area contributed by atoms with Crippen molar-refractivity contribution in [1.82, 2.24) is 0 Å². The lowest BCUT2D eigenvalue weighted by Gasteiger charge is -2.04. The summed E-state index contributed by atoms with van der Waals surface area (Å²) in [5.74, 6) is 1.38. The topological polar surface area (TPSA) is 18.5 Å². The Bertz CT molecular complexity index is 597. The average molecular weight is 306 g/mol. The Hall–Kier alpha value is -2.74. The molecule has 0 bridgehead atoms. The van der Waals surface area contributed by atoms with E-state index in [-0.39, 0.29) is 0 Å². The van der Waals surface area contributed by atoms with E-state index < -0.39 is 0 Å². The van der Waals surface area contributed by atoms with Crippen LogP contribution < -0.4 is 9.78 Å². The Morgan fingerprint density at radius 2 is 0.957 bits per heavy atom. The van der Waals surface area contributed by atoms with Gasteiger partial charge in [-0.3, -0.25) is 9.78 Å². The van der Waals surface area contributed by atoms with Gasteiger partial charge in [-0.2, -0.15) is 0 Å². The second-order valence-electron chi connectivity index (χ2n) is 5.03. The van der Waals surface area contributed by atoms with Crippen LogP contribution in [0.15, 0.2) is 91.0 Å². The fourth-order valence-electron chi connectivity index (χ4n) is 1.98. The van der Waals surface area contributed by atoms with Gasteiger partial charge >= 0.3 is 0 Å². The van der Waals surface area contributed by atoms with Gasteiger partial charge < -0.3 is 0 Å². The number of benzene rings is 3. The Morgan fingerprint density at radius 3 is 1.35 bits per heavy atom. The largest absolute Gasteiger partial charge is 0.290 e. The van der Waals surface area contributed by atoms with Crippen molar-refractivity contribution in [3.05, 3.63) is 96.6 Å². The Labute approximate surface area is 138 Å². The highest BCUT2D eigenvalue weighted by molar-refractivity contribution is 5.23. The molecule has 3 aromatic carbocycles. The third kappa shape index (κ3) is 6.70. The molecule has 2 heteroatoms. The van der Waals surface area contributed by atoms with Gasteiger partial charge in [-0.1, -0.05) is 80.1 Å². The molecule has 0 heterocycles. The van der Waals surface area contributed by atoms with Crippen molar-refractivity contribution in [1.29, 1.82) is 0 Å². The highest BCUT2D eigenvalue weighted by atomic mass is 17.2. The number of hydrogen-bond donors (Lipinski definition) is 0. The lowest BCUT2D eigenvalue weighted by atomic mass is 10.1. The maximum atomic E-state index is 5.09. The number of hydrogen-bond acceptors (Lipinski definition) is 2. The summed E-state index contributed by atoms with van der Waals surface area (Å²) < 4.78 is 0. The Balaban J connectivity index is 0.000000185. The minimum atomic E-state index is 0.691. The second kappa shape index (κ2) is 10.1. The summed E-state index contributed by atoms with van der Waals surface area (Å²) >= 11 is 0. The second-order valence-corrected chi connectivity index (χ2v) is 5.03. The monoisotopic (exact) mass is 306 g/mol. The van der Waals surface area contributed by atoms with Crippen LogP contribution >= 0.6 is 0 Å². The molecule has 0 fully saturated rings. The molecule has 0 radical (unpaired) electrons. The minimum absolute atomic E-state index is 0.691. The summed E-state index contributed by atoms with van der Waals surface area (Å²) in [5.41, 5.74) is 1.44. The summed E-state index contributed by atoms with van der Waals surface area (Å²) in [5, 5.41) is 0. The smallest absolute Gasteiger partial charge is 0.178 e. The summed E-state index contributed by atoms with van der Waals surface area (Å²) in [7, 11) is 0. The van der Waals surface area contributed by atoms with E-state index in [1.807, 2.05) is 60.7 Å². The molecule has 0 amide bonds. The molecule has 0 unspecified atom stereocenters. The van der Waals surface area contributed by atoms with E-state index in [1.165, 1.54) is 18.4 Å². The SMILES string of the molecule is CCCc1ccccc1.c1ccc(OOc2ccccc2)cc1. The molecule has 0 spiro atoms. The Morgan fingerprint density at radius 1 is 0.565 bits per heavy atom. The average Bonchev–Trinajstić information content (AvgIpc) is 2.64. The van der Waals surface area contributed by atoms with Crippen molar-refractivity contribution in [2.75, 3.05) is 0 Å². The van der Waals surface area contributed by atoms with Gasteiger partial charge in [0.2, 0.25) is 0 Å². The predicted molar refractivity (Wildman–Crippen MR) is 94.6 cm³/mol. The third-order valence-electron chi connectivity index (χ3n) is 3.10. The quantitative estimate of drug-likeness (QED) is 0.445. The maximum Gasteiger partial charge on any atom is 0.178 e. The van der Waals surface area contributed by atoms with Crippen molar-refractivity contribution < 1.29 is 9.78 Å². The van der Waals surface area contributed by atoms with Crippen LogP contribution in [0.2, 0.25) is 0 Å². The van der Waals surface area contributed by atoms with Crippen molar-refractivity contribution in [2.24, 2.45) is 0 Å². The Kier molecular flexibility index (Phi) is 7.28. The first-order chi connectivity index (χ1) is 11.4. The van der Waals surface area contributed by atoms with Gasteiger partial charge in [0.15, 0.2) is 11.5 Å². The van der Waals surface area contributed by atoms with Crippen LogP contribution in [0, 0.1) is 0 Å². The van der Waals surface area contributed by atoms with E-state index in [9.17, 15) is 0 Å². The molecule has 0 aliphatic rings. The van der Waals surface area contributed by atoms with Gasteiger partial charge in [0.05, 0.1) is 0 Å². The van der Waals surface area contributed by atoms with E-state index in [0.717, 1.165) is 0 Å². The zero-order valence-corrected chi connectivity index (χ0v) is 13.4. The highest BCUT2D eigenvalue weighted by Gasteiger charge is 1.94. The zero-order chi connectivity index (χ0) is 16.2. The minimum Gasteiger partial charge on any atom is -0.290 e. The molecular formula is C21H22O2. The van der Waals surface area contributed by atoms with Crippen molar-refractivity contribution in [3.63, 3.8) is 0 Å². The van der Waals surface area contributed by atoms with Crippen LogP contribution in [0.5, 0.6) is 11.5 Å². The molecule has 0 atom stereocenters. The number of rotatable bonds is 5. The molecule has 3 aromatic rings. The molecule has 2 nitrogen and oxygen atoms in total. The van der Waals surface area contributed by atoms with E-state index >= 15 is 0 Å². The van der Waals surface area contributed by atoms with E-state index in [1.54, 1.807) is 0 Å². The van der Waals surface area contributed by atoms with Crippen LogP contribution in [-0.4, -0.2) is 0 Å². The van der Waals surface area contributed by atoms with E-state index in [0.29, 0.717) is 11.5 Å². The van der Waals surface area contributed by atoms with Gasteiger partial charge in [-0.25, -0.2) is 0 Å². The molecule has 0 aliphatic carbocycles. The lowest BCUT2D eigenvalue weighted by Crippen LogP contribution is -1.99. The predicted octanol–water partition coefficient (Wildman–Crippen LogP) is 5.70. The molecule has 0 saturated carbocycles. The van der Waals surface area contributed by atoms with E-state index in [4.69, 9.17) is 9.78 Å². The highest BCUT2D eigenvalue weighted by Crippen LogP contribution is 2.13. The molecule has 0 saturated heterocycles. The van der Waals surface area contributed by atoms with Crippen LogP contribution in [0.25, 0.3) is 0 Å². The lowest BCUT2D eigenvalue weighted by molar-refractivity contribution is -0.0999. The van der Waals surface area contributed by atoms with Crippen LogP contribution in [0.4, 0.5) is 0 Å². The molecule has 0 N–H and O–H groups in total. The van der Waals surface area contributed by atoms with Crippen LogP contribution in [0.3, 0.4) is 0 Å². The summed E-state index contributed by atoms with van der Waals surface area (Å²) in [6.45, 7) is 2.20. The van der Waals surface area contributed by atoms with Crippen molar-refractivity contribution in [3.8, 4) is 11.5 Å². The molecule has 3 rings (SSSR count).